The van der Waals surface area contributed by atoms with E-state index in [-0.39, 0.29) is 5.91 Å². The van der Waals surface area contributed by atoms with E-state index in [2.05, 4.69) is 5.32 Å². The highest BCUT2D eigenvalue weighted by atomic mass is 32.2. The Morgan fingerprint density at radius 1 is 1.21 bits per heavy atom. The Kier molecular flexibility index (Phi) is 4.22. The number of nitrogens with one attached hydrogen (secondary N) is 1. The lowest BCUT2D eigenvalue weighted by Gasteiger charge is -2.06. The number of carbonyl (C=O) groups excluding carboxylic acids is 1. The Bertz CT molecular complexity index is 629. The summed E-state index contributed by atoms with van der Waals surface area (Å²) in [6.07, 6.45) is 1.99. The van der Waals surface area contributed by atoms with Crippen LogP contribution in [0.5, 0.6) is 0 Å². The average molecular weight is 268 g/mol. The summed E-state index contributed by atoms with van der Waals surface area (Å²) in [7, 11) is 0. The maximum absolute atomic E-state index is 12.0. The molecule has 4 heteroatoms. The first-order valence-corrected chi connectivity index (χ1v) is 6.91. The summed E-state index contributed by atoms with van der Waals surface area (Å²) in [5.41, 5.74) is 1.84. The predicted molar refractivity (Wildman–Crippen MR) is 77.3 cm³/mol. The Morgan fingerprint density at radius 2 is 1.95 bits per heavy atom. The lowest BCUT2D eigenvalue weighted by atomic mass is 10.1. The number of rotatable bonds is 3. The van der Waals surface area contributed by atoms with Gasteiger partial charge in [0.15, 0.2) is 0 Å². The topological polar surface area (TPSA) is 52.9 Å². The van der Waals surface area contributed by atoms with Crippen LogP contribution in [0.4, 0.5) is 5.69 Å². The van der Waals surface area contributed by atoms with Crippen LogP contribution in [0.25, 0.3) is 0 Å². The maximum Gasteiger partial charge on any atom is 0.255 e. The van der Waals surface area contributed by atoms with Gasteiger partial charge in [-0.25, -0.2) is 0 Å². The molecular weight excluding hydrogens is 256 g/mol. The zero-order valence-corrected chi connectivity index (χ0v) is 11.2. The average Bonchev–Trinajstić information content (AvgIpc) is 2.47. The number of nitriles is 1. The van der Waals surface area contributed by atoms with Crippen molar-refractivity contribution in [1.82, 2.24) is 0 Å². The molecule has 3 nitrogen and oxygen atoms in total. The molecule has 0 aliphatic carbocycles. The molecule has 94 valence electrons. The van der Waals surface area contributed by atoms with E-state index < -0.39 is 0 Å². The Hall–Kier alpha value is -2.25. The first kappa shape index (κ1) is 13.2. The smallest absolute Gasteiger partial charge is 0.255 e. The minimum absolute atomic E-state index is 0.178. The second kappa shape index (κ2) is 6.07. The van der Waals surface area contributed by atoms with Gasteiger partial charge in [-0.05, 0) is 48.7 Å². The molecule has 2 aromatic carbocycles. The van der Waals surface area contributed by atoms with E-state index in [1.165, 1.54) is 0 Å². The fourth-order valence-electron chi connectivity index (χ4n) is 1.60. The van der Waals surface area contributed by atoms with Gasteiger partial charge >= 0.3 is 0 Å². The number of carbonyl (C=O) groups is 1. The molecular formula is C15H12N2OS. The van der Waals surface area contributed by atoms with E-state index in [9.17, 15) is 4.79 Å². The van der Waals surface area contributed by atoms with Gasteiger partial charge in [-0.2, -0.15) is 5.26 Å². The third-order valence-electron chi connectivity index (χ3n) is 2.60. The lowest BCUT2D eigenvalue weighted by Crippen LogP contribution is -2.11. The van der Waals surface area contributed by atoms with Gasteiger partial charge in [-0.3, -0.25) is 4.79 Å². The van der Waals surface area contributed by atoms with Crippen LogP contribution >= 0.6 is 11.8 Å². The van der Waals surface area contributed by atoms with E-state index in [1.807, 2.05) is 36.6 Å². The summed E-state index contributed by atoms with van der Waals surface area (Å²) >= 11 is 1.62. The quantitative estimate of drug-likeness (QED) is 0.866. The first-order valence-electron chi connectivity index (χ1n) is 5.68. The van der Waals surface area contributed by atoms with Crippen LogP contribution in [0.2, 0.25) is 0 Å². The molecule has 0 unspecified atom stereocenters. The fourth-order valence-corrected chi connectivity index (χ4v) is 2.06. The van der Waals surface area contributed by atoms with Crippen molar-refractivity contribution in [2.24, 2.45) is 0 Å². The third kappa shape index (κ3) is 3.36. The minimum Gasteiger partial charge on any atom is -0.322 e. The van der Waals surface area contributed by atoms with Crippen LogP contribution in [0.1, 0.15) is 15.9 Å². The van der Waals surface area contributed by atoms with Crippen LogP contribution in [0.15, 0.2) is 53.4 Å². The fraction of sp³-hybridized carbons (Fsp3) is 0.0667. The van der Waals surface area contributed by atoms with Crippen molar-refractivity contribution in [2.45, 2.75) is 4.90 Å². The molecule has 0 atom stereocenters. The van der Waals surface area contributed by atoms with Gasteiger partial charge in [0.2, 0.25) is 0 Å². The Balaban J connectivity index is 2.13. The molecule has 2 rings (SSSR count). The standard InChI is InChI=1S/C15H12N2OS/c1-19-14-4-2-3-13(9-14)17-15(18)12-7-5-11(10-16)6-8-12/h2-9H,1H3,(H,17,18). The molecule has 0 aliphatic heterocycles. The highest BCUT2D eigenvalue weighted by Gasteiger charge is 2.06. The van der Waals surface area contributed by atoms with Gasteiger partial charge in [-0.1, -0.05) is 6.07 Å². The largest absolute Gasteiger partial charge is 0.322 e. The van der Waals surface area contributed by atoms with Crippen molar-refractivity contribution in [1.29, 1.82) is 5.26 Å². The van der Waals surface area contributed by atoms with Gasteiger partial charge in [0.1, 0.15) is 0 Å². The van der Waals surface area contributed by atoms with Crippen molar-refractivity contribution in [3.05, 3.63) is 59.7 Å². The normalized spacial score (nSPS) is 9.68. The van der Waals surface area contributed by atoms with Gasteiger partial charge in [-0.15, -0.1) is 11.8 Å². The molecule has 0 radical (unpaired) electrons. The number of thioether (sulfide) groups is 1. The molecule has 0 saturated heterocycles. The van der Waals surface area contributed by atoms with Crippen LogP contribution in [-0.4, -0.2) is 12.2 Å². The summed E-state index contributed by atoms with van der Waals surface area (Å²) in [4.78, 5) is 13.1. The SMILES string of the molecule is CSc1cccc(NC(=O)c2ccc(C#N)cc2)c1. The number of nitrogens with zero attached hydrogens (tertiary/aromatic N) is 1. The van der Waals surface area contributed by atoms with Crippen molar-refractivity contribution in [3.8, 4) is 6.07 Å². The number of hydrogen-bond donors (Lipinski definition) is 1. The highest BCUT2D eigenvalue weighted by molar-refractivity contribution is 7.98. The molecule has 0 heterocycles. The second-order valence-corrected chi connectivity index (χ2v) is 4.75. The first-order chi connectivity index (χ1) is 9.22. The van der Waals surface area contributed by atoms with Crippen LogP contribution in [-0.2, 0) is 0 Å². The van der Waals surface area contributed by atoms with Crippen LogP contribution in [0, 0.1) is 11.3 Å². The van der Waals surface area contributed by atoms with Crippen LogP contribution in [0.3, 0.4) is 0 Å². The zero-order chi connectivity index (χ0) is 13.7. The molecule has 0 fully saturated rings. The van der Waals surface area contributed by atoms with Crippen molar-refractivity contribution >= 4 is 23.4 Å². The van der Waals surface area contributed by atoms with Crippen molar-refractivity contribution in [2.75, 3.05) is 11.6 Å². The second-order valence-electron chi connectivity index (χ2n) is 3.88. The molecule has 0 spiro atoms. The predicted octanol–water partition coefficient (Wildman–Crippen LogP) is 3.53. The number of hydrogen-bond acceptors (Lipinski definition) is 3. The van der Waals surface area contributed by atoms with Crippen molar-refractivity contribution < 1.29 is 4.79 Å². The van der Waals surface area contributed by atoms with E-state index in [0.29, 0.717) is 11.1 Å². The molecule has 0 aromatic heterocycles. The van der Waals surface area contributed by atoms with Crippen molar-refractivity contribution in [3.63, 3.8) is 0 Å². The molecule has 0 aliphatic rings. The van der Waals surface area contributed by atoms with Crippen LogP contribution < -0.4 is 5.32 Å². The van der Waals surface area contributed by atoms with E-state index in [1.54, 1.807) is 36.0 Å². The van der Waals surface area contributed by atoms with E-state index >= 15 is 0 Å². The summed E-state index contributed by atoms with van der Waals surface area (Å²) in [5, 5.41) is 11.5. The lowest BCUT2D eigenvalue weighted by molar-refractivity contribution is 0.102. The summed E-state index contributed by atoms with van der Waals surface area (Å²) in [6.45, 7) is 0. The minimum atomic E-state index is -0.178. The third-order valence-corrected chi connectivity index (χ3v) is 3.33. The monoisotopic (exact) mass is 268 g/mol. The molecule has 1 N–H and O–H groups in total. The molecule has 1 amide bonds. The summed E-state index contributed by atoms with van der Waals surface area (Å²) < 4.78 is 0. The Labute approximate surface area is 116 Å². The summed E-state index contributed by atoms with van der Waals surface area (Å²) in [6, 6.07) is 16.2. The highest BCUT2D eigenvalue weighted by Crippen LogP contribution is 2.19. The van der Waals surface area contributed by atoms with Gasteiger partial charge in [0.05, 0.1) is 11.6 Å². The van der Waals surface area contributed by atoms with Gasteiger partial charge in [0.25, 0.3) is 5.91 Å². The van der Waals surface area contributed by atoms with E-state index in [0.717, 1.165) is 10.6 Å². The number of amides is 1. The van der Waals surface area contributed by atoms with E-state index in [4.69, 9.17) is 5.26 Å². The number of benzene rings is 2. The Morgan fingerprint density at radius 3 is 2.58 bits per heavy atom. The molecule has 19 heavy (non-hydrogen) atoms. The molecule has 0 saturated carbocycles. The summed E-state index contributed by atoms with van der Waals surface area (Å²) in [5.74, 6) is -0.178. The molecule has 2 aromatic rings. The zero-order valence-electron chi connectivity index (χ0n) is 10.4. The van der Waals surface area contributed by atoms with Gasteiger partial charge in [0, 0.05) is 16.1 Å². The molecule has 0 bridgehead atoms. The van der Waals surface area contributed by atoms with Gasteiger partial charge < -0.3 is 5.32 Å². The maximum atomic E-state index is 12.0. The number of anilines is 1.